The zero-order valence-corrected chi connectivity index (χ0v) is 21.7. The second-order valence-corrected chi connectivity index (χ2v) is 10.8. The Morgan fingerprint density at radius 3 is 2.49 bits per heavy atom. The molecule has 0 unspecified atom stereocenters. The second-order valence-electron chi connectivity index (χ2n) is 10.8. The molecule has 1 aromatic rings. The fourth-order valence-electron chi connectivity index (χ4n) is 6.29. The smallest absolute Gasteiger partial charge is 0.252 e. The SMILES string of the molecule is COCCN1CCN(c2ccc(C(=O)NC3(C(=O)N4C[C@@H](N)[C@H]5OCC(=O)[C@H]54)CCCCC3)cc2)CC1. The molecule has 1 saturated carbocycles. The van der Waals surface area contributed by atoms with Crippen molar-refractivity contribution < 1.29 is 23.9 Å². The van der Waals surface area contributed by atoms with Gasteiger partial charge in [0.15, 0.2) is 5.78 Å². The molecule has 0 radical (unpaired) electrons. The third kappa shape index (κ3) is 5.25. The molecule has 10 heteroatoms. The van der Waals surface area contributed by atoms with E-state index in [1.54, 1.807) is 12.0 Å². The molecule has 5 rings (SSSR count). The summed E-state index contributed by atoms with van der Waals surface area (Å²) in [6.07, 6.45) is 3.37. The summed E-state index contributed by atoms with van der Waals surface area (Å²) >= 11 is 0. The Labute approximate surface area is 218 Å². The minimum atomic E-state index is -1.02. The first-order valence-electron chi connectivity index (χ1n) is 13.5. The number of Topliss-reactive ketones (excluding diaryl/α,β-unsaturated/α-hetero) is 1. The standard InChI is InChI=1S/C27H39N5O5/c1-36-16-15-30-11-13-31(14-12-30)20-7-5-19(6-8-20)25(34)29-27(9-3-2-4-10-27)26(35)32-17-21(28)24-23(32)22(33)18-37-24/h5-8,21,23-24H,2-4,9-18,28H2,1H3,(H,29,34)/t21-,23-,24-/m1/s1. The van der Waals surface area contributed by atoms with E-state index in [0.29, 0.717) is 18.4 Å². The van der Waals surface area contributed by atoms with Crippen LogP contribution in [0.25, 0.3) is 0 Å². The van der Waals surface area contributed by atoms with Crippen LogP contribution in [-0.4, -0.2) is 111 Å². The quantitative estimate of drug-likeness (QED) is 0.538. The summed E-state index contributed by atoms with van der Waals surface area (Å²) in [7, 11) is 1.72. The number of methoxy groups -OCH3 is 1. The van der Waals surface area contributed by atoms with Crippen molar-refractivity contribution in [2.75, 3.05) is 64.5 Å². The van der Waals surface area contributed by atoms with E-state index < -0.39 is 23.7 Å². The lowest BCUT2D eigenvalue weighted by molar-refractivity contribution is -0.143. The van der Waals surface area contributed by atoms with Crippen molar-refractivity contribution in [2.24, 2.45) is 5.73 Å². The first kappa shape index (κ1) is 26.1. The van der Waals surface area contributed by atoms with E-state index in [4.69, 9.17) is 15.2 Å². The van der Waals surface area contributed by atoms with Crippen molar-refractivity contribution in [3.8, 4) is 0 Å². The highest BCUT2D eigenvalue weighted by atomic mass is 16.5. The fourth-order valence-corrected chi connectivity index (χ4v) is 6.29. The van der Waals surface area contributed by atoms with E-state index in [1.807, 2.05) is 24.3 Å². The molecule has 10 nitrogen and oxygen atoms in total. The number of nitrogens with two attached hydrogens (primary N) is 1. The van der Waals surface area contributed by atoms with E-state index in [9.17, 15) is 14.4 Å². The number of carbonyl (C=O) groups is 3. The number of nitrogens with zero attached hydrogens (tertiary/aromatic N) is 3. The molecule has 1 aromatic carbocycles. The van der Waals surface area contributed by atoms with Gasteiger partial charge >= 0.3 is 0 Å². The predicted molar refractivity (Wildman–Crippen MR) is 138 cm³/mol. The largest absolute Gasteiger partial charge is 0.383 e. The molecular formula is C27H39N5O5. The maximum atomic E-state index is 13.9. The number of fused-ring (bicyclic) bond motifs is 1. The predicted octanol–water partition coefficient (Wildman–Crippen LogP) is 0.394. The minimum absolute atomic E-state index is 0.0132. The average Bonchev–Trinajstić information content (AvgIpc) is 3.48. The highest BCUT2D eigenvalue weighted by molar-refractivity contribution is 6.01. The van der Waals surface area contributed by atoms with Crippen molar-refractivity contribution in [1.82, 2.24) is 15.1 Å². The molecule has 3 N–H and O–H groups in total. The van der Waals surface area contributed by atoms with Gasteiger partial charge < -0.3 is 30.3 Å². The van der Waals surface area contributed by atoms with Gasteiger partial charge in [-0.2, -0.15) is 0 Å². The van der Waals surface area contributed by atoms with Gasteiger partial charge in [0.1, 0.15) is 24.3 Å². The Morgan fingerprint density at radius 2 is 1.81 bits per heavy atom. The molecule has 4 aliphatic rings. The third-order valence-electron chi connectivity index (χ3n) is 8.43. The minimum Gasteiger partial charge on any atom is -0.383 e. The molecule has 202 valence electrons. The lowest BCUT2D eigenvalue weighted by atomic mass is 9.80. The van der Waals surface area contributed by atoms with Crippen LogP contribution >= 0.6 is 0 Å². The number of likely N-dealkylation sites (tertiary alicyclic amines) is 1. The van der Waals surface area contributed by atoms with Crippen LogP contribution in [0.2, 0.25) is 0 Å². The first-order valence-corrected chi connectivity index (χ1v) is 13.5. The van der Waals surface area contributed by atoms with Crippen LogP contribution in [0.1, 0.15) is 42.5 Å². The molecule has 0 bridgehead atoms. The topological polar surface area (TPSA) is 117 Å². The van der Waals surface area contributed by atoms with Crippen LogP contribution in [0.5, 0.6) is 0 Å². The zero-order chi connectivity index (χ0) is 26.0. The molecule has 1 aliphatic carbocycles. The molecule has 0 spiro atoms. The van der Waals surface area contributed by atoms with Gasteiger partial charge in [-0.3, -0.25) is 19.3 Å². The first-order chi connectivity index (χ1) is 17.9. The summed E-state index contributed by atoms with van der Waals surface area (Å²) < 4.78 is 10.8. The Balaban J connectivity index is 1.26. The number of ketones is 1. The molecule has 4 fully saturated rings. The monoisotopic (exact) mass is 513 g/mol. The molecule has 3 saturated heterocycles. The van der Waals surface area contributed by atoms with Gasteiger partial charge in [-0.05, 0) is 37.1 Å². The maximum absolute atomic E-state index is 13.9. The molecular weight excluding hydrogens is 474 g/mol. The Morgan fingerprint density at radius 1 is 1.11 bits per heavy atom. The van der Waals surface area contributed by atoms with Crippen molar-refractivity contribution in [1.29, 1.82) is 0 Å². The number of rotatable bonds is 7. The van der Waals surface area contributed by atoms with Crippen LogP contribution < -0.4 is 16.0 Å². The summed E-state index contributed by atoms with van der Waals surface area (Å²) in [5.74, 6) is -0.579. The van der Waals surface area contributed by atoms with Crippen molar-refractivity contribution >= 4 is 23.3 Å². The van der Waals surface area contributed by atoms with E-state index in [-0.39, 0.29) is 30.7 Å². The number of hydrogen-bond acceptors (Lipinski definition) is 8. The number of anilines is 1. The summed E-state index contributed by atoms with van der Waals surface area (Å²) in [6.45, 7) is 5.74. The Hall–Kier alpha value is -2.53. The number of ether oxygens (including phenoxy) is 2. The van der Waals surface area contributed by atoms with Gasteiger partial charge in [0.05, 0.1) is 12.6 Å². The van der Waals surface area contributed by atoms with E-state index in [0.717, 1.165) is 64.3 Å². The van der Waals surface area contributed by atoms with Crippen molar-refractivity contribution in [3.63, 3.8) is 0 Å². The van der Waals surface area contributed by atoms with Gasteiger partial charge in [0.2, 0.25) is 5.91 Å². The normalized spacial score (nSPS) is 27.8. The molecule has 3 atom stereocenters. The van der Waals surface area contributed by atoms with Crippen LogP contribution in [0.3, 0.4) is 0 Å². The van der Waals surface area contributed by atoms with Gasteiger partial charge in [0, 0.05) is 57.6 Å². The van der Waals surface area contributed by atoms with Crippen molar-refractivity contribution in [2.45, 2.75) is 55.8 Å². The zero-order valence-electron chi connectivity index (χ0n) is 21.7. The lowest BCUT2D eigenvalue weighted by Gasteiger charge is -2.40. The van der Waals surface area contributed by atoms with E-state index in [1.165, 1.54) is 0 Å². The van der Waals surface area contributed by atoms with Crippen LogP contribution in [0.15, 0.2) is 24.3 Å². The highest BCUT2D eigenvalue weighted by Gasteiger charge is 2.55. The van der Waals surface area contributed by atoms with Gasteiger partial charge in [-0.1, -0.05) is 19.3 Å². The average molecular weight is 514 g/mol. The van der Waals surface area contributed by atoms with Gasteiger partial charge in [-0.15, -0.1) is 0 Å². The van der Waals surface area contributed by atoms with Gasteiger partial charge in [-0.25, -0.2) is 0 Å². The maximum Gasteiger partial charge on any atom is 0.252 e. The summed E-state index contributed by atoms with van der Waals surface area (Å²) in [5.41, 5.74) is 6.80. The molecule has 3 aliphatic heterocycles. The van der Waals surface area contributed by atoms with Crippen LogP contribution in [0, 0.1) is 0 Å². The van der Waals surface area contributed by atoms with E-state index >= 15 is 0 Å². The number of amides is 2. The highest BCUT2D eigenvalue weighted by Crippen LogP contribution is 2.35. The Kier molecular flexibility index (Phi) is 7.80. The van der Waals surface area contributed by atoms with E-state index in [2.05, 4.69) is 15.1 Å². The molecule has 2 amide bonds. The molecule has 37 heavy (non-hydrogen) atoms. The number of carbonyl (C=O) groups excluding carboxylic acids is 3. The number of piperazine rings is 1. The summed E-state index contributed by atoms with van der Waals surface area (Å²) in [5, 5.41) is 3.10. The van der Waals surface area contributed by atoms with Crippen LogP contribution in [-0.2, 0) is 19.1 Å². The fraction of sp³-hybridized carbons (Fsp3) is 0.667. The lowest BCUT2D eigenvalue weighted by Crippen LogP contribution is -2.62. The number of nitrogens with one attached hydrogen (secondary N) is 1. The second kappa shape index (κ2) is 11.1. The Bertz CT molecular complexity index is 987. The summed E-state index contributed by atoms with van der Waals surface area (Å²) in [4.78, 5) is 46.1. The molecule has 3 heterocycles. The van der Waals surface area contributed by atoms with Crippen LogP contribution in [0.4, 0.5) is 5.69 Å². The third-order valence-corrected chi connectivity index (χ3v) is 8.43. The van der Waals surface area contributed by atoms with Crippen molar-refractivity contribution in [3.05, 3.63) is 29.8 Å². The van der Waals surface area contributed by atoms with Gasteiger partial charge in [0.25, 0.3) is 5.91 Å². The number of benzene rings is 1. The summed E-state index contributed by atoms with van der Waals surface area (Å²) in [6, 6.07) is 6.58. The molecule has 0 aromatic heterocycles. The number of hydrogen-bond donors (Lipinski definition) is 2.